The fourth-order valence-corrected chi connectivity index (χ4v) is 2.30. The number of ether oxygens (including phenoxy) is 1. The zero-order valence-electron chi connectivity index (χ0n) is 10.6. The number of nitrogens with one attached hydrogen (secondary N) is 1. The van der Waals surface area contributed by atoms with Gasteiger partial charge in [-0.1, -0.05) is 36.7 Å². The van der Waals surface area contributed by atoms with Crippen LogP contribution in [-0.2, 0) is 6.54 Å². The fourth-order valence-electron chi connectivity index (χ4n) is 1.70. The van der Waals surface area contributed by atoms with Crippen molar-refractivity contribution in [1.82, 2.24) is 5.32 Å². The molecule has 0 heterocycles. The van der Waals surface area contributed by atoms with Crippen molar-refractivity contribution in [2.45, 2.75) is 13.5 Å². The Labute approximate surface area is 126 Å². The first-order valence-electron chi connectivity index (χ1n) is 6.13. The van der Waals surface area contributed by atoms with Crippen molar-refractivity contribution in [2.24, 2.45) is 0 Å². The largest absolute Gasteiger partial charge is 0.456 e. The van der Waals surface area contributed by atoms with Gasteiger partial charge in [0.25, 0.3) is 0 Å². The third-order valence-electron chi connectivity index (χ3n) is 2.68. The molecule has 0 spiro atoms. The third kappa shape index (κ3) is 3.72. The maximum absolute atomic E-state index is 6.24. The van der Waals surface area contributed by atoms with Gasteiger partial charge in [-0.05, 0) is 46.7 Å². The summed E-state index contributed by atoms with van der Waals surface area (Å²) in [6, 6.07) is 13.5. The van der Waals surface area contributed by atoms with E-state index in [0.717, 1.165) is 28.1 Å². The van der Waals surface area contributed by atoms with E-state index in [1.54, 1.807) is 0 Å². The molecule has 0 fully saturated rings. The summed E-state index contributed by atoms with van der Waals surface area (Å²) in [7, 11) is 0. The SMILES string of the molecule is CCNCc1c(Cl)cccc1Oc1ccccc1Br. The molecule has 0 saturated heterocycles. The van der Waals surface area contributed by atoms with Crippen LogP contribution in [0.4, 0.5) is 0 Å². The van der Waals surface area contributed by atoms with Crippen LogP contribution in [0.2, 0.25) is 5.02 Å². The second-order valence-corrected chi connectivity index (χ2v) is 5.29. The van der Waals surface area contributed by atoms with E-state index in [9.17, 15) is 0 Å². The minimum Gasteiger partial charge on any atom is -0.456 e. The van der Waals surface area contributed by atoms with Crippen LogP contribution in [0.5, 0.6) is 11.5 Å². The molecule has 2 aromatic carbocycles. The summed E-state index contributed by atoms with van der Waals surface area (Å²) >= 11 is 9.72. The van der Waals surface area contributed by atoms with Crippen LogP contribution in [0.25, 0.3) is 0 Å². The zero-order chi connectivity index (χ0) is 13.7. The van der Waals surface area contributed by atoms with Gasteiger partial charge < -0.3 is 10.1 Å². The molecule has 100 valence electrons. The van der Waals surface area contributed by atoms with E-state index in [4.69, 9.17) is 16.3 Å². The molecule has 0 saturated carbocycles. The summed E-state index contributed by atoms with van der Waals surface area (Å²) in [5.41, 5.74) is 0.974. The smallest absolute Gasteiger partial charge is 0.141 e. The molecule has 0 aliphatic carbocycles. The predicted molar refractivity (Wildman–Crippen MR) is 83.0 cm³/mol. The van der Waals surface area contributed by atoms with Crippen LogP contribution in [-0.4, -0.2) is 6.54 Å². The number of halogens is 2. The minimum atomic E-state index is 0.690. The van der Waals surface area contributed by atoms with E-state index in [0.29, 0.717) is 11.6 Å². The van der Waals surface area contributed by atoms with Gasteiger partial charge in [0.1, 0.15) is 11.5 Å². The Morgan fingerprint density at radius 2 is 1.84 bits per heavy atom. The summed E-state index contributed by atoms with van der Waals surface area (Å²) in [4.78, 5) is 0. The third-order valence-corrected chi connectivity index (χ3v) is 3.69. The molecule has 0 aliphatic heterocycles. The van der Waals surface area contributed by atoms with Crippen molar-refractivity contribution in [2.75, 3.05) is 6.54 Å². The molecular weight excluding hydrogens is 326 g/mol. The highest BCUT2D eigenvalue weighted by atomic mass is 79.9. The monoisotopic (exact) mass is 339 g/mol. The van der Waals surface area contributed by atoms with Crippen LogP contribution < -0.4 is 10.1 Å². The molecule has 0 bridgehead atoms. The molecule has 0 unspecified atom stereocenters. The fraction of sp³-hybridized carbons (Fsp3) is 0.200. The lowest BCUT2D eigenvalue weighted by Crippen LogP contribution is -2.12. The van der Waals surface area contributed by atoms with Gasteiger partial charge in [-0.2, -0.15) is 0 Å². The van der Waals surface area contributed by atoms with Crippen molar-refractivity contribution in [3.8, 4) is 11.5 Å². The lowest BCUT2D eigenvalue weighted by atomic mass is 10.2. The normalized spacial score (nSPS) is 10.5. The highest BCUT2D eigenvalue weighted by molar-refractivity contribution is 9.10. The molecule has 0 radical (unpaired) electrons. The van der Waals surface area contributed by atoms with Gasteiger partial charge in [0, 0.05) is 17.1 Å². The van der Waals surface area contributed by atoms with Crippen molar-refractivity contribution in [3.05, 3.63) is 57.5 Å². The summed E-state index contributed by atoms with van der Waals surface area (Å²) in [5, 5.41) is 3.98. The minimum absolute atomic E-state index is 0.690. The first-order valence-corrected chi connectivity index (χ1v) is 7.30. The van der Waals surface area contributed by atoms with Crippen LogP contribution in [0.1, 0.15) is 12.5 Å². The summed E-state index contributed by atoms with van der Waals surface area (Å²) in [5.74, 6) is 1.56. The lowest BCUT2D eigenvalue weighted by Gasteiger charge is -2.13. The molecule has 1 N–H and O–H groups in total. The summed E-state index contributed by atoms with van der Waals surface area (Å²) < 4.78 is 6.87. The number of para-hydroxylation sites is 1. The molecule has 2 rings (SSSR count). The summed E-state index contributed by atoms with van der Waals surface area (Å²) in [6.45, 7) is 3.64. The number of hydrogen-bond acceptors (Lipinski definition) is 2. The number of rotatable bonds is 5. The second kappa shape index (κ2) is 6.94. The number of hydrogen-bond donors (Lipinski definition) is 1. The van der Waals surface area contributed by atoms with E-state index in [1.807, 2.05) is 42.5 Å². The zero-order valence-corrected chi connectivity index (χ0v) is 13.0. The Morgan fingerprint density at radius 1 is 1.11 bits per heavy atom. The summed E-state index contributed by atoms with van der Waals surface area (Å²) in [6.07, 6.45) is 0. The quantitative estimate of drug-likeness (QED) is 0.826. The van der Waals surface area contributed by atoms with E-state index < -0.39 is 0 Å². The van der Waals surface area contributed by atoms with Gasteiger partial charge >= 0.3 is 0 Å². The van der Waals surface area contributed by atoms with E-state index >= 15 is 0 Å². The average molecular weight is 341 g/mol. The lowest BCUT2D eigenvalue weighted by molar-refractivity contribution is 0.470. The predicted octanol–water partition coefficient (Wildman–Crippen LogP) is 5.00. The Kier molecular flexibility index (Phi) is 5.25. The maximum Gasteiger partial charge on any atom is 0.141 e. The van der Waals surface area contributed by atoms with Gasteiger partial charge in [0.15, 0.2) is 0 Å². The van der Waals surface area contributed by atoms with Crippen LogP contribution in [0.15, 0.2) is 46.9 Å². The van der Waals surface area contributed by atoms with Crippen molar-refractivity contribution >= 4 is 27.5 Å². The first-order chi connectivity index (χ1) is 9.22. The van der Waals surface area contributed by atoms with Crippen molar-refractivity contribution in [1.29, 1.82) is 0 Å². The molecule has 0 aromatic heterocycles. The standard InChI is InChI=1S/C15H15BrClNO/c1-2-18-10-11-13(17)7-5-9-14(11)19-15-8-4-3-6-12(15)16/h3-9,18H,2,10H2,1H3. The Balaban J connectivity index is 2.29. The molecule has 2 aromatic rings. The maximum atomic E-state index is 6.24. The van der Waals surface area contributed by atoms with Crippen molar-refractivity contribution < 1.29 is 4.74 Å². The molecule has 0 aliphatic rings. The molecule has 0 amide bonds. The van der Waals surface area contributed by atoms with Crippen molar-refractivity contribution in [3.63, 3.8) is 0 Å². The average Bonchev–Trinajstić information content (AvgIpc) is 2.41. The molecule has 0 atom stereocenters. The van der Waals surface area contributed by atoms with E-state index in [1.165, 1.54) is 0 Å². The topological polar surface area (TPSA) is 21.3 Å². The number of benzene rings is 2. The Bertz CT molecular complexity index is 560. The highest BCUT2D eigenvalue weighted by Crippen LogP contribution is 2.33. The molecule has 19 heavy (non-hydrogen) atoms. The van der Waals surface area contributed by atoms with Gasteiger partial charge in [-0.25, -0.2) is 0 Å². The van der Waals surface area contributed by atoms with Gasteiger partial charge in [-0.3, -0.25) is 0 Å². The molecular formula is C15H15BrClNO. The van der Waals surface area contributed by atoms with Gasteiger partial charge in [0.05, 0.1) is 4.47 Å². The van der Waals surface area contributed by atoms with E-state index in [2.05, 4.69) is 28.2 Å². The van der Waals surface area contributed by atoms with Gasteiger partial charge in [-0.15, -0.1) is 0 Å². The van der Waals surface area contributed by atoms with Crippen LogP contribution in [0, 0.1) is 0 Å². The second-order valence-electron chi connectivity index (χ2n) is 4.03. The van der Waals surface area contributed by atoms with Crippen LogP contribution >= 0.6 is 27.5 Å². The van der Waals surface area contributed by atoms with E-state index in [-0.39, 0.29) is 0 Å². The Hall–Kier alpha value is -1.03. The highest BCUT2D eigenvalue weighted by Gasteiger charge is 2.10. The Morgan fingerprint density at radius 3 is 2.58 bits per heavy atom. The molecule has 2 nitrogen and oxygen atoms in total. The van der Waals surface area contributed by atoms with Crippen LogP contribution in [0.3, 0.4) is 0 Å². The molecule has 4 heteroatoms. The van der Waals surface area contributed by atoms with Gasteiger partial charge in [0.2, 0.25) is 0 Å². The first kappa shape index (κ1) is 14.4.